The van der Waals surface area contributed by atoms with Gasteiger partial charge >= 0.3 is 0 Å². The van der Waals surface area contributed by atoms with Crippen LogP contribution in [0.1, 0.15) is 16.7 Å². The molecule has 4 rings (SSSR count). The van der Waals surface area contributed by atoms with E-state index in [0.29, 0.717) is 34.3 Å². The van der Waals surface area contributed by atoms with Crippen molar-refractivity contribution in [3.8, 4) is 34.5 Å². The van der Waals surface area contributed by atoms with E-state index in [2.05, 4.69) is 23.0 Å². The zero-order valence-electron chi connectivity index (χ0n) is 14.8. The smallest absolute Gasteiger partial charge is 0.205 e. The summed E-state index contributed by atoms with van der Waals surface area (Å²) in [6.45, 7) is 2.06. The van der Waals surface area contributed by atoms with Gasteiger partial charge in [0, 0.05) is 12.5 Å². The van der Waals surface area contributed by atoms with Gasteiger partial charge in [0.15, 0.2) is 0 Å². The number of H-pyrrole nitrogens is 1. The summed E-state index contributed by atoms with van der Waals surface area (Å²) < 4.78 is 17.3. The number of aryl methyl sites for hydroxylation is 1. The molecule has 3 aromatic rings. The third-order valence-electron chi connectivity index (χ3n) is 4.44. The molecule has 1 aliphatic rings. The Bertz CT molecular complexity index is 1060. The van der Waals surface area contributed by atoms with Crippen LogP contribution in [0, 0.1) is 11.6 Å². The SMILES string of the molecule is COc1ccc(-c2nc(=S)c3c([nH]2)Oc2ccc(C)cc2C3)c(OC)c1. The molecule has 1 aliphatic heterocycles. The quantitative estimate of drug-likeness (QED) is 0.526. The van der Waals surface area contributed by atoms with Crippen molar-refractivity contribution in [2.45, 2.75) is 13.3 Å². The standard InChI is InChI=1S/C20H18N2O3S/c1-11-4-7-16-12(8-11)9-15-19(25-16)21-18(22-20(15)26)14-6-5-13(23-2)10-17(14)24-3/h4-8,10H,9H2,1-3H3,(H,21,22,26). The van der Waals surface area contributed by atoms with Crippen molar-refractivity contribution in [2.75, 3.05) is 14.2 Å². The summed E-state index contributed by atoms with van der Waals surface area (Å²) in [5.74, 6) is 3.43. The highest BCUT2D eigenvalue weighted by Gasteiger charge is 2.21. The zero-order chi connectivity index (χ0) is 18.3. The number of rotatable bonds is 3. The molecule has 0 saturated carbocycles. The Morgan fingerprint density at radius 1 is 1.12 bits per heavy atom. The molecular weight excluding hydrogens is 348 g/mol. The summed E-state index contributed by atoms with van der Waals surface area (Å²) >= 11 is 5.54. The van der Waals surface area contributed by atoms with Crippen molar-refractivity contribution in [1.29, 1.82) is 0 Å². The Balaban J connectivity index is 1.81. The summed E-state index contributed by atoms with van der Waals surface area (Å²) in [6, 6.07) is 11.7. The molecule has 0 spiro atoms. The number of nitrogens with one attached hydrogen (secondary N) is 1. The topological polar surface area (TPSA) is 56.4 Å². The monoisotopic (exact) mass is 366 g/mol. The van der Waals surface area contributed by atoms with Crippen LogP contribution >= 0.6 is 12.2 Å². The minimum absolute atomic E-state index is 0.527. The lowest BCUT2D eigenvalue weighted by Crippen LogP contribution is -2.08. The number of methoxy groups -OCH3 is 2. The van der Waals surface area contributed by atoms with Crippen LogP contribution < -0.4 is 14.2 Å². The minimum atomic E-state index is 0.527. The van der Waals surface area contributed by atoms with E-state index in [-0.39, 0.29) is 0 Å². The molecule has 0 bridgehead atoms. The van der Waals surface area contributed by atoms with Crippen LogP contribution in [0.25, 0.3) is 11.4 Å². The van der Waals surface area contributed by atoms with Crippen LogP contribution in [0.5, 0.6) is 23.1 Å². The van der Waals surface area contributed by atoms with Gasteiger partial charge in [-0.25, -0.2) is 4.98 Å². The number of benzene rings is 2. The second-order valence-electron chi connectivity index (χ2n) is 6.15. The van der Waals surface area contributed by atoms with E-state index < -0.39 is 0 Å². The summed E-state index contributed by atoms with van der Waals surface area (Å²) in [4.78, 5) is 7.84. The van der Waals surface area contributed by atoms with E-state index in [4.69, 9.17) is 26.4 Å². The summed E-state index contributed by atoms with van der Waals surface area (Å²) in [5.41, 5.74) is 4.00. The van der Waals surface area contributed by atoms with Gasteiger partial charge < -0.3 is 19.2 Å². The fourth-order valence-electron chi connectivity index (χ4n) is 3.09. The molecule has 0 amide bonds. The molecule has 0 saturated heterocycles. The fraction of sp³-hybridized carbons (Fsp3) is 0.200. The molecule has 132 valence electrons. The van der Waals surface area contributed by atoms with Crippen LogP contribution in [-0.4, -0.2) is 24.2 Å². The van der Waals surface area contributed by atoms with Gasteiger partial charge in [0.05, 0.1) is 25.3 Å². The summed E-state index contributed by atoms with van der Waals surface area (Å²) in [5, 5.41) is 0. The molecule has 0 aliphatic carbocycles. The highest BCUT2D eigenvalue weighted by Crippen LogP contribution is 2.38. The van der Waals surface area contributed by atoms with Gasteiger partial charge in [0.1, 0.15) is 27.7 Å². The summed E-state index contributed by atoms with van der Waals surface area (Å²) in [6.07, 6.45) is 0.703. The van der Waals surface area contributed by atoms with Gasteiger partial charge in [-0.3, -0.25) is 0 Å². The Labute approximate surface area is 156 Å². The molecule has 0 fully saturated rings. The molecule has 6 heteroatoms. The Kier molecular flexibility index (Phi) is 4.12. The number of fused-ring (bicyclic) bond motifs is 2. The maximum Gasteiger partial charge on any atom is 0.205 e. The molecule has 0 radical (unpaired) electrons. The van der Waals surface area contributed by atoms with E-state index in [9.17, 15) is 0 Å². The Morgan fingerprint density at radius 3 is 2.73 bits per heavy atom. The van der Waals surface area contributed by atoms with E-state index in [1.54, 1.807) is 14.2 Å². The van der Waals surface area contributed by atoms with Crippen molar-refractivity contribution in [2.24, 2.45) is 0 Å². The number of ether oxygens (including phenoxy) is 3. The van der Waals surface area contributed by atoms with E-state index in [1.165, 1.54) is 5.56 Å². The van der Waals surface area contributed by atoms with Gasteiger partial charge in [-0.2, -0.15) is 0 Å². The van der Waals surface area contributed by atoms with Crippen molar-refractivity contribution in [3.05, 3.63) is 57.7 Å². The van der Waals surface area contributed by atoms with E-state index in [1.807, 2.05) is 30.3 Å². The molecular formula is C20H18N2O3S. The first kappa shape index (κ1) is 16.6. The maximum absolute atomic E-state index is 6.07. The first-order chi connectivity index (χ1) is 12.6. The Hall–Kier alpha value is -2.86. The second kappa shape index (κ2) is 6.46. The predicted molar refractivity (Wildman–Crippen MR) is 102 cm³/mol. The van der Waals surface area contributed by atoms with Gasteiger partial charge in [-0.15, -0.1) is 0 Å². The van der Waals surface area contributed by atoms with E-state index >= 15 is 0 Å². The number of hydrogen-bond acceptors (Lipinski definition) is 5. The molecule has 5 nitrogen and oxygen atoms in total. The van der Waals surface area contributed by atoms with Gasteiger partial charge in [-0.1, -0.05) is 29.9 Å². The number of aromatic amines is 1. The molecule has 1 N–H and O–H groups in total. The van der Waals surface area contributed by atoms with E-state index in [0.717, 1.165) is 22.4 Å². The van der Waals surface area contributed by atoms with Crippen LogP contribution in [0.4, 0.5) is 0 Å². The normalized spacial score (nSPS) is 12.0. The lowest BCUT2D eigenvalue weighted by molar-refractivity contribution is 0.395. The van der Waals surface area contributed by atoms with Crippen molar-refractivity contribution < 1.29 is 14.2 Å². The number of aromatic nitrogens is 2. The van der Waals surface area contributed by atoms with Gasteiger partial charge in [0.2, 0.25) is 5.88 Å². The van der Waals surface area contributed by atoms with Crippen LogP contribution in [0.2, 0.25) is 0 Å². The lowest BCUT2D eigenvalue weighted by atomic mass is 10.0. The third-order valence-corrected chi connectivity index (χ3v) is 4.77. The van der Waals surface area contributed by atoms with Crippen LogP contribution in [0.3, 0.4) is 0 Å². The molecule has 0 atom stereocenters. The fourth-order valence-corrected chi connectivity index (χ4v) is 3.34. The number of nitrogens with zero attached hydrogens (tertiary/aromatic N) is 1. The van der Waals surface area contributed by atoms with Gasteiger partial charge in [0.25, 0.3) is 0 Å². The van der Waals surface area contributed by atoms with Crippen LogP contribution in [-0.2, 0) is 6.42 Å². The first-order valence-corrected chi connectivity index (χ1v) is 8.63. The average molecular weight is 366 g/mol. The average Bonchev–Trinajstić information content (AvgIpc) is 2.66. The second-order valence-corrected chi connectivity index (χ2v) is 6.54. The third kappa shape index (κ3) is 2.82. The number of hydrogen-bond donors (Lipinski definition) is 1. The lowest BCUT2D eigenvalue weighted by Gasteiger charge is -2.21. The molecule has 26 heavy (non-hydrogen) atoms. The van der Waals surface area contributed by atoms with Crippen molar-refractivity contribution in [3.63, 3.8) is 0 Å². The maximum atomic E-state index is 6.07. The largest absolute Gasteiger partial charge is 0.497 e. The Morgan fingerprint density at radius 2 is 1.96 bits per heavy atom. The van der Waals surface area contributed by atoms with Crippen LogP contribution in [0.15, 0.2) is 36.4 Å². The zero-order valence-corrected chi connectivity index (χ0v) is 15.6. The summed E-state index contributed by atoms with van der Waals surface area (Å²) in [7, 11) is 3.23. The van der Waals surface area contributed by atoms with Gasteiger partial charge in [-0.05, 0) is 30.7 Å². The molecule has 0 unspecified atom stereocenters. The molecule has 2 aromatic carbocycles. The minimum Gasteiger partial charge on any atom is -0.497 e. The highest BCUT2D eigenvalue weighted by atomic mass is 32.1. The van der Waals surface area contributed by atoms with Crippen molar-refractivity contribution in [1.82, 2.24) is 9.97 Å². The highest BCUT2D eigenvalue weighted by molar-refractivity contribution is 7.71. The predicted octanol–water partition coefficient (Wildman–Crippen LogP) is 4.83. The molecule has 2 heterocycles. The molecule has 1 aromatic heterocycles. The first-order valence-electron chi connectivity index (χ1n) is 8.22. The van der Waals surface area contributed by atoms with Crippen molar-refractivity contribution >= 4 is 12.2 Å².